The van der Waals surface area contributed by atoms with Gasteiger partial charge in [0.15, 0.2) is 0 Å². The predicted octanol–water partition coefficient (Wildman–Crippen LogP) is 0.555. The van der Waals surface area contributed by atoms with Gasteiger partial charge in [0, 0.05) is 19.5 Å². The maximum atomic E-state index is 12.1. The van der Waals surface area contributed by atoms with Crippen molar-refractivity contribution in [2.24, 2.45) is 17.8 Å². The SMILES string of the molecule is CC1CN(C(=O)CC2CCCNC2)CC1C(=O)O. The molecule has 2 N–H and O–H groups in total. The molecule has 2 fully saturated rings. The Balaban J connectivity index is 1.84. The van der Waals surface area contributed by atoms with Gasteiger partial charge in [0.25, 0.3) is 0 Å². The first kappa shape index (κ1) is 13.3. The summed E-state index contributed by atoms with van der Waals surface area (Å²) in [6, 6.07) is 0. The lowest BCUT2D eigenvalue weighted by atomic mass is 9.96. The van der Waals surface area contributed by atoms with Crippen LogP contribution in [0.2, 0.25) is 0 Å². The number of nitrogens with zero attached hydrogens (tertiary/aromatic N) is 1. The third kappa shape index (κ3) is 3.02. The third-order valence-electron chi connectivity index (χ3n) is 4.14. The molecule has 0 aromatic carbocycles. The number of amides is 1. The highest BCUT2D eigenvalue weighted by Crippen LogP contribution is 2.25. The summed E-state index contributed by atoms with van der Waals surface area (Å²) in [5, 5.41) is 12.4. The Hall–Kier alpha value is -1.10. The molecule has 0 radical (unpaired) electrons. The van der Waals surface area contributed by atoms with E-state index in [1.165, 1.54) is 0 Å². The highest BCUT2D eigenvalue weighted by atomic mass is 16.4. The van der Waals surface area contributed by atoms with E-state index in [2.05, 4.69) is 5.32 Å². The summed E-state index contributed by atoms with van der Waals surface area (Å²) in [4.78, 5) is 24.9. The maximum Gasteiger partial charge on any atom is 0.308 e. The van der Waals surface area contributed by atoms with Gasteiger partial charge >= 0.3 is 5.97 Å². The molecule has 2 aliphatic heterocycles. The van der Waals surface area contributed by atoms with Gasteiger partial charge in [-0.2, -0.15) is 0 Å². The number of carboxylic acids is 1. The standard InChI is InChI=1S/C13H22N2O3/c1-9-7-15(8-11(9)13(17)18)12(16)5-10-3-2-4-14-6-10/h9-11,14H,2-8H2,1H3,(H,17,18). The number of carboxylic acid groups (broad SMARTS) is 1. The number of aliphatic carboxylic acids is 1. The number of likely N-dealkylation sites (tertiary alicyclic amines) is 1. The van der Waals surface area contributed by atoms with Gasteiger partial charge in [-0.15, -0.1) is 0 Å². The lowest BCUT2D eigenvalue weighted by molar-refractivity contribution is -0.142. The molecule has 1 amide bonds. The van der Waals surface area contributed by atoms with Crippen molar-refractivity contribution >= 4 is 11.9 Å². The van der Waals surface area contributed by atoms with E-state index in [0.29, 0.717) is 25.4 Å². The molecule has 0 spiro atoms. The average Bonchev–Trinajstić information content (AvgIpc) is 2.73. The van der Waals surface area contributed by atoms with Gasteiger partial charge < -0.3 is 15.3 Å². The fraction of sp³-hybridized carbons (Fsp3) is 0.846. The normalized spacial score (nSPS) is 32.5. The molecule has 0 aromatic rings. The quantitative estimate of drug-likeness (QED) is 0.772. The molecule has 2 saturated heterocycles. The molecule has 0 saturated carbocycles. The summed E-state index contributed by atoms with van der Waals surface area (Å²) in [5.74, 6) is -0.559. The summed E-state index contributed by atoms with van der Waals surface area (Å²) in [7, 11) is 0. The van der Waals surface area contributed by atoms with Crippen LogP contribution in [-0.2, 0) is 9.59 Å². The summed E-state index contributed by atoms with van der Waals surface area (Å²) < 4.78 is 0. The minimum Gasteiger partial charge on any atom is -0.481 e. The minimum absolute atomic E-state index is 0.0657. The Morgan fingerprint density at radius 3 is 2.72 bits per heavy atom. The first-order chi connectivity index (χ1) is 8.58. The zero-order valence-electron chi connectivity index (χ0n) is 10.9. The van der Waals surface area contributed by atoms with Crippen molar-refractivity contribution < 1.29 is 14.7 Å². The van der Waals surface area contributed by atoms with Crippen LogP contribution in [-0.4, -0.2) is 48.1 Å². The van der Waals surface area contributed by atoms with Gasteiger partial charge in [-0.3, -0.25) is 9.59 Å². The number of carbonyl (C=O) groups is 2. The van der Waals surface area contributed by atoms with Crippen LogP contribution in [0, 0.1) is 17.8 Å². The van der Waals surface area contributed by atoms with E-state index >= 15 is 0 Å². The lowest BCUT2D eigenvalue weighted by Crippen LogP contribution is -2.36. The van der Waals surface area contributed by atoms with Crippen molar-refractivity contribution in [2.45, 2.75) is 26.2 Å². The second-order valence-electron chi connectivity index (χ2n) is 5.64. The van der Waals surface area contributed by atoms with E-state index in [-0.39, 0.29) is 11.8 Å². The molecule has 102 valence electrons. The van der Waals surface area contributed by atoms with Crippen molar-refractivity contribution in [2.75, 3.05) is 26.2 Å². The van der Waals surface area contributed by atoms with Crippen LogP contribution in [0.3, 0.4) is 0 Å². The molecule has 3 unspecified atom stereocenters. The Morgan fingerprint density at radius 1 is 1.39 bits per heavy atom. The monoisotopic (exact) mass is 254 g/mol. The van der Waals surface area contributed by atoms with Gasteiger partial charge in [0.05, 0.1) is 5.92 Å². The molecular weight excluding hydrogens is 232 g/mol. The number of piperidine rings is 1. The van der Waals surface area contributed by atoms with E-state index in [1.54, 1.807) is 4.90 Å². The van der Waals surface area contributed by atoms with Crippen LogP contribution in [0.1, 0.15) is 26.2 Å². The Morgan fingerprint density at radius 2 is 2.17 bits per heavy atom. The largest absolute Gasteiger partial charge is 0.481 e. The number of rotatable bonds is 3. The average molecular weight is 254 g/mol. The van der Waals surface area contributed by atoms with Crippen molar-refractivity contribution in [3.8, 4) is 0 Å². The van der Waals surface area contributed by atoms with Crippen molar-refractivity contribution in [3.05, 3.63) is 0 Å². The van der Waals surface area contributed by atoms with Crippen LogP contribution >= 0.6 is 0 Å². The fourth-order valence-corrected chi connectivity index (χ4v) is 2.97. The molecule has 2 aliphatic rings. The minimum atomic E-state index is -0.780. The van der Waals surface area contributed by atoms with Crippen LogP contribution < -0.4 is 5.32 Å². The number of nitrogens with one attached hydrogen (secondary N) is 1. The Kier molecular flexibility index (Phi) is 4.22. The van der Waals surface area contributed by atoms with Gasteiger partial charge in [-0.05, 0) is 37.8 Å². The predicted molar refractivity (Wildman–Crippen MR) is 67.1 cm³/mol. The molecule has 0 bridgehead atoms. The first-order valence-electron chi connectivity index (χ1n) is 6.79. The zero-order valence-corrected chi connectivity index (χ0v) is 10.9. The van der Waals surface area contributed by atoms with E-state index in [0.717, 1.165) is 25.9 Å². The molecule has 5 nitrogen and oxygen atoms in total. The van der Waals surface area contributed by atoms with E-state index in [4.69, 9.17) is 5.11 Å². The third-order valence-corrected chi connectivity index (χ3v) is 4.14. The molecular formula is C13H22N2O3. The fourth-order valence-electron chi connectivity index (χ4n) is 2.97. The summed E-state index contributed by atoms with van der Waals surface area (Å²) in [6.07, 6.45) is 2.79. The van der Waals surface area contributed by atoms with Crippen molar-refractivity contribution in [1.29, 1.82) is 0 Å². The Labute approximate surface area is 108 Å². The topological polar surface area (TPSA) is 69.6 Å². The Bertz CT molecular complexity index is 326. The van der Waals surface area contributed by atoms with Crippen LogP contribution in [0.4, 0.5) is 0 Å². The smallest absolute Gasteiger partial charge is 0.308 e. The molecule has 5 heteroatoms. The highest BCUT2D eigenvalue weighted by molar-refractivity contribution is 5.79. The van der Waals surface area contributed by atoms with Crippen LogP contribution in [0.15, 0.2) is 0 Å². The lowest BCUT2D eigenvalue weighted by Gasteiger charge is -2.24. The van der Waals surface area contributed by atoms with Gasteiger partial charge in [0.2, 0.25) is 5.91 Å². The maximum absolute atomic E-state index is 12.1. The summed E-state index contributed by atoms with van der Waals surface area (Å²) in [5.41, 5.74) is 0. The highest BCUT2D eigenvalue weighted by Gasteiger charge is 2.37. The first-order valence-corrected chi connectivity index (χ1v) is 6.79. The van der Waals surface area contributed by atoms with E-state index < -0.39 is 11.9 Å². The van der Waals surface area contributed by atoms with Gasteiger partial charge in [-0.1, -0.05) is 6.92 Å². The van der Waals surface area contributed by atoms with Crippen LogP contribution in [0.25, 0.3) is 0 Å². The second-order valence-corrected chi connectivity index (χ2v) is 5.64. The zero-order chi connectivity index (χ0) is 13.1. The van der Waals surface area contributed by atoms with E-state index in [1.807, 2.05) is 6.92 Å². The summed E-state index contributed by atoms with van der Waals surface area (Å²) in [6.45, 7) is 4.85. The van der Waals surface area contributed by atoms with Gasteiger partial charge in [-0.25, -0.2) is 0 Å². The van der Waals surface area contributed by atoms with Gasteiger partial charge in [0.1, 0.15) is 0 Å². The number of hydrogen-bond acceptors (Lipinski definition) is 3. The van der Waals surface area contributed by atoms with E-state index in [9.17, 15) is 9.59 Å². The molecule has 3 atom stereocenters. The second kappa shape index (κ2) is 5.69. The number of carbonyl (C=O) groups excluding carboxylic acids is 1. The molecule has 0 aliphatic carbocycles. The molecule has 2 heterocycles. The van der Waals surface area contributed by atoms with Crippen molar-refractivity contribution in [1.82, 2.24) is 10.2 Å². The van der Waals surface area contributed by atoms with Crippen LogP contribution in [0.5, 0.6) is 0 Å². The van der Waals surface area contributed by atoms with Crippen molar-refractivity contribution in [3.63, 3.8) is 0 Å². The molecule has 0 aromatic heterocycles. The number of hydrogen-bond donors (Lipinski definition) is 2. The molecule has 2 rings (SSSR count). The molecule has 18 heavy (non-hydrogen) atoms. The summed E-state index contributed by atoms with van der Waals surface area (Å²) >= 11 is 0.